The number of methoxy groups -OCH3 is 2. The number of amides is 1. The molecule has 6 aromatic rings. The fraction of sp³-hybridized carbons (Fsp3) is 0.568. The monoisotopic (exact) mass is 1210 g/mol. The molecule has 3 aliphatic rings. The molecule has 43 heteroatoms. The van der Waals surface area contributed by atoms with Gasteiger partial charge in [0.15, 0.2) is 41.4 Å². The Morgan fingerprint density at radius 2 is 1.31 bits per heavy atom. The quantitative estimate of drug-likeness (QED) is 0.0249. The van der Waals surface area contributed by atoms with Gasteiger partial charge in [0, 0.05) is 40.7 Å². The van der Waals surface area contributed by atoms with E-state index in [0.717, 1.165) is 26.1 Å². The number of H-pyrrole nitrogens is 2. The Kier molecular flexibility index (Phi) is 16.4. The van der Waals surface area contributed by atoms with Crippen molar-refractivity contribution in [2.75, 3.05) is 65.3 Å². The summed E-state index contributed by atoms with van der Waals surface area (Å²) in [5.41, 5.74) is 14.0. The smallest absolute Gasteiger partial charge is 0.387 e. The van der Waals surface area contributed by atoms with Crippen LogP contribution in [0.4, 0.5) is 17.7 Å². The molecule has 6 aromatic heterocycles. The number of carbonyl (C=O) groups is 1. The minimum atomic E-state index is -6.24. The van der Waals surface area contributed by atoms with Crippen molar-refractivity contribution in [3.05, 3.63) is 46.0 Å². The number of phosphoric acid groups is 3. The molecule has 1 amide bonds. The van der Waals surface area contributed by atoms with Gasteiger partial charge in [0.2, 0.25) is 23.6 Å². The summed E-state index contributed by atoms with van der Waals surface area (Å²) in [5.74, 6) is -2.45. The molecular weight excluding hydrogens is 1160 g/mol. The fourth-order valence-electron chi connectivity index (χ4n) is 9.45. The van der Waals surface area contributed by atoms with E-state index in [-0.39, 0.29) is 51.2 Å². The highest BCUT2D eigenvalue weighted by Crippen LogP contribution is 2.68. The first-order chi connectivity index (χ1) is 37.5. The number of fused-ring (bicyclic) bond motifs is 3. The molecule has 9 heterocycles. The molecule has 3 fully saturated rings. The number of carbonyl (C=O) groups excluding carboxylic acids is 1. The molecule has 0 bridgehead atoms. The number of aromatic amines is 2. The molecule has 3 aliphatic heterocycles. The predicted molar refractivity (Wildman–Crippen MR) is 263 cm³/mol. The van der Waals surface area contributed by atoms with Gasteiger partial charge in [-0.15, -0.1) is 0 Å². The number of hydrogen-bond donors (Lipinski definition) is 11. The van der Waals surface area contributed by atoms with Gasteiger partial charge in [-0.1, -0.05) is 4.98 Å². The maximum atomic E-state index is 14.6. The molecular formula is C37H53N16O23P4+. The van der Waals surface area contributed by atoms with Crippen LogP contribution in [0.5, 0.6) is 0 Å². The van der Waals surface area contributed by atoms with Gasteiger partial charge in [0.1, 0.15) is 54.1 Å². The van der Waals surface area contributed by atoms with Crippen LogP contribution in [0.25, 0.3) is 33.5 Å². The van der Waals surface area contributed by atoms with Crippen molar-refractivity contribution in [3.63, 3.8) is 0 Å². The average molecular weight is 1210 g/mol. The Hall–Kier alpha value is -5.60. The van der Waals surface area contributed by atoms with Gasteiger partial charge in [0.05, 0.1) is 45.6 Å². The molecule has 9 rings (SSSR count). The number of nitrogens with one attached hydrogen (secondary N) is 2. The molecule has 14 N–H and O–H groups in total. The third-order valence-corrected chi connectivity index (χ3v) is 19.2. The zero-order valence-corrected chi connectivity index (χ0v) is 45.7. The van der Waals surface area contributed by atoms with Crippen molar-refractivity contribution in [2.45, 2.75) is 73.5 Å². The van der Waals surface area contributed by atoms with Crippen LogP contribution in [-0.2, 0) is 76.0 Å². The van der Waals surface area contributed by atoms with E-state index in [9.17, 15) is 62.4 Å². The zero-order valence-electron chi connectivity index (χ0n) is 42.1. The summed E-state index contributed by atoms with van der Waals surface area (Å²) in [6, 6.07) is 0. The second-order valence-corrected chi connectivity index (χ2v) is 25.0. The Morgan fingerprint density at radius 1 is 0.738 bits per heavy atom. The van der Waals surface area contributed by atoms with Crippen LogP contribution in [0.1, 0.15) is 25.1 Å². The van der Waals surface area contributed by atoms with Crippen LogP contribution >= 0.6 is 31.1 Å². The first kappa shape index (κ1) is 59.0. The summed E-state index contributed by atoms with van der Waals surface area (Å²) in [6.45, 7) is -3.23. The number of nitrogens with two attached hydrogens (primary N) is 3. The van der Waals surface area contributed by atoms with Crippen molar-refractivity contribution in [1.82, 2.24) is 58.5 Å². The van der Waals surface area contributed by atoms with E-state index in [1.807, 2.05) is 0 Å². The molecule has 0 aromatic carbocycles. The number of nitrogens with zero attached hydrogens (tertiary/aromatic N) is 11. The highest BCUT2D eigenvalue weighted by molar-refractivity contribution is 7.66. The number of nitrogen functional groups attached to an aromatic ring is 3. The number of aromatic nitrogens is 12. The van der Waals surface area contributed by atoms with Gasteiger partial charge in [-0.05, 0) is 0 Å². The third kappa shape index (κ3) is 11.6. The summed E-state index contributed by atoms with van der Waals surface area (Å²) in [6.07, 6.45) is -10.9. The standard InChI is InChI=1S/C37H52N16O23P4/c1-49(2)18(54)6-14-15(72-33(22(14)55)53-13-50(3)21-30(53)46-37(40)48-32(21)58)7-70-78(61,62)75-80(65,66)76-79(63,64)71-9-17-26(25(68-5)35(74-17)51-11-43-19-27(38)41-10-42-28(19)51)77(59,60)69-8-16-23(56)24(67-4)34(73-16)52-12-44-20-29(52)45-36(39)47-31(20)57/h10-17,22-26,33-35,55-56H,6-9H2,1-5H3,(H11-,38,39,40,41,42,45,46,47,48,57,58,59,60,61,62,63,64,65,66)/p+1/t14-,15-,16-,17-,22-,23-,24-,25-,26-,33?,34-,35-/m1/s1. The predicted octanol–water partition coefficient (Wildman–Crippen LogP) is -3.25. The number of rotatable bonds is 21. The van der Waals surface area contributed by atoms with E-state index in [0.29, 0.717) is 0 Å². The summed E-state index contributed by atoms with van der Waals surface area (Å²) in [5, 5.41) is 22.8. The second kappa shape index (κ2) is 22.3. The zero-order chi connectivity index (χ0) is 58.1. The van der Waals surface area contributed by atoms with E-state index >= 15 is 0 Å². The lowest BCUT2D eigenvalue weighted by Gasteiger charge is -2.28. The van der Waals surface area contributed by atoms with Gasteiger partial charge in [-0.3, -0.25) is 51.7 Å². The van der Waals surface area contributed by atoms with E-state index in [1.165, 1.54) is 57.7 Å². The number of anilines is 3. The lowest BCUT2D eigenvalue weighted by molar-refractivity contribution is -0.745. The van der Waals surface area contributed by atoms with Crippen molar-refractivity contribution in [2.24, 2.45) is 13.0 Å². The molecule has 5 unspecified atom stereocenters. The summed E-state index contributed by atoms with van der Waals surface area (Å²) < 4.78 is 113. The third-order valence-electron chi connectivity index (χ3n) is 13.1. The number of ether oxygens (including phenoxy) is 5. The van der Waals surface area contributed by atoms with Crippen LogP contribution in [0, 0.1) is 5.92 Å². The SMILES string of the molecule is CO[C@@H]1[C@H](O)[C@@H](COP(=O)(O)[C@H]2[C@@H](OC)[C@H](n3cnc4c(N)ncnc43)O[C@@H]2COP(=O)(O)OP(=O)(O)OP(=O)(O)OC[C@H]2OC([n+]3cn(C)c4c(=O)[nH]c(N)nc43)[C@H](O)[C@@H]2CC(=O)N(C)C)O[C@H]1n1cnc2c(=O)[nH]c(N)nc21. The Balaban J connectivity index is 0.902. The fourth-order valence-corrected chi connectivity index (χ4v) is 14.7. The van der Waals surface area contributed by atoms with Crippen molar-refractivity contribution < 1.29 is 103 Å². The minimum Gasteiger partial charge on any atom is -0.387 e. The van der Waals surface area contributed by atoms with Gasteiger partial charge in [-0.25, -0.2) is 38.2 Å². The summed E-state index contributed by atoms with van der Waals surface area (Å²) in [4.78, 5) is 112. The highest BCUT2D eigenvalue weighted by Gasteiger charge is 2.58. The highest BCUT2D eigenvalue weighted by atomic mass is 31.3. The molecule has 80 heavy (non-hydrogen) atoms. The summed E-state index contributed by atoms with van der Waals surface area (Å²) >= 11 is 0. The van der Waals surface area contributed by atoms with E-state index in [4.69, 9.17) is 54.5 Å². The average Bonchev–Trinajstić information content (AvgIpc) is 4.43. The minimum absolute atomic E-state index is 0.00472. The Morgan fingerprint density at radius 3 is 1.96 bits per heavy atom. The topological polar surface area (TPSA) is 542 Å². The van der Waals surface area contributed by atoms with Crippen molar-refractivity contribution in [1.29, 1.82) is 0 Å². The molecule has 39 nitrogen and oxygen atoms in total. The maximum absolute atomic E-state index is 14.6. The number of aliphatic hydroxyl groups excluding tert-OH is 2. The molecule has 0 radical (unpaired) electrons. The van der Waals surface area contributed by atoms with Crippen molar-refractivity contribution in [3.8, 4) is 0 Å². The lowest BCUT2D eigenvalue weighted by atomic mass is 9.94. The van der Waals surface area contributed by atoms with Gasteiger partial charge >= 0.3 is 36.7 Å². The second-order valence-electron chi connectivity index (χ2n) is 18.4. The molecule has 438 valence electrons. The van der Waals surface area contributed by atoms with Crippen LogP contribution in [0.15, 0.2) is 34.9 Å². The molecule has 3 saturated heterocycles. The number of aliphatic hydroxyl groups is 2. The molecule has 16 atom stereocenters. The number of aryl methyl sites for hydroxylation is 1. The number of hydrogen-bond acceptors (Lipinski definition) is 28. The van der Waals surface area contributed by atoms with E-state index in [1.54, 1.807) is 0 Å². The Labute approximate surface area is 446 Å². The maximum Gasteiger partial charge on any atom is 0.490 e. The van der Waals surface area contributed by atoms with E-state index < -0.39 is 147 Å². The summed E-state index contributed by atoms with van der Waals surface area (Å²) in [7, 11) is -16.8. The van der Waals surface area contributed by atoms with Gasteiger partial charge < -0.3 is 80.1 Å². The molecule has 0 spiro atoms. The number of imidazole rings is 3. The normalized spacial score (nSPS) is 29.2. The molecule has 0 saturated carbocycles. The first-order valence-electron chi connectivity index (χ1n) is 23.2. The largest absolute Gasteiger partial charge is 0.490 e. The van der Waals surface area contributed by atoms with Crippen LogP contribution in [0.3, 0.4) is 0 Å². The van der Waals surface area contributed by atoms with Crippen molar-refractivity contribution >= 4 is 88.2 Å². The Bertz CT molecular complexity index is 3650. The molecule has 0 aliphatic carbocycles. The van der Waals surface area contributed by atoms with Crippen LogP contribution in [0.2, 0.25) is 0 Å². The van der Waals surface area contributed by atoms with Gasteiger partial charge in [0.25, 0.3) is 17.1 Å². The van der Waals surface area contributed by atoms with Crippen LogP contribution in [-0.4, -0.2) is 191 Å². The lowest BCUT2D eigenvalue weighted by Crippen LogP contribution is -2.45. The van der Waals surface area contributed by atoms with E-state index in [2.05, 4.69) is 48.5 Å². The van der Waals surface area contributed by atoms with Crippen LogP contribution < -0.4 is 32.9 Å². The number of phosphoric ester groups is 2. The first-order valence-corrected chi connectivity index (χ1v) is 29.3. The van der Waals surface area contributed by atoms with Gasteiger partial charge in [-0.2, -0.15) is 13.6 Å².